The third-order valence-corrected chi connectivity index (χ3v) is 3.46. The number of hydrogen-bond donors (Lipinski definition) is 2. The normalized spacial score (nSPS) is 9.92. The van der Waals surface area contributed by atoms with E-state index in [9.17, 15) is 24.5 Å². The number of nitro groups is 1. The van der Waals surface area contributed by atoms with E-state index in [1.807, 2.05) is 0 Å². The number of methoxy groups -OCH3 is 1. The molecule has 26 heavy (non-hydrogen) atoms. The van der Waals surface area contributed by atoms with E-state index in [0.29, 0.717) is 5.02 Å². The minimum Gasteiger partial charge on any atom is -0.465 e. The number of hydrogen-bond acceptors (Lipinski definition) is 6. The molecule has 0 aliphatic heterocycles. The second-order valence-corrected chi connectivity index (χ2v) is 5.37. The van der Waals surface area contributed by atoms with Crippen LogP contribution in [0.1, 0.15) is 31.1 Å². The predicted octanol–water partition coefficient (Wildman–Crippen LogP) is 2.11. The minimum atomic E-state index is -0.846. The van der Waals surface area contributed by atoms with Crippen molar-refractivity contribution in [3.63, 3.8) is 0 Å². The number of ether oxygens (including phenoxy) is 1. The summed E-state index contributed by atoms with van der Waals surface area (Å²) >= 11 is 5.72. The molecule has 2 aromatic carbocycles. The maximum absolute atomic E-state index is 12.2. The number of rotatable bonds is 4. The van der Waals surface area contributed by atoms with Gasteiger partial charge in [-0.05, 0) is 30.3 Å². The van der Waals surface area contributed by atoms with Crippen molar-refractivity contribution in [1.82, 2.24) is 10.9 Å². The molecule has 2 N–H and O–H groups in total. The molecule has 0 unspecified atom stereocenters. The molecule has 10 heteroatoms. The smallest absolute Gasteiger partial charge is 0.338 e. The molecule has 0 atom stereocenters. The molecule has 134 valence electrons. The highest BCUT2D eigenvalue weighted by Gasteiger charge is 2.18. The minimum absolute atomic E-state index is 0.170. The highest BCUT2D eigenvalue weighted by molar-refractivity contribution is 6.30. The molecule has 0 heterocycles. The van der Waals surface area contributed by atoms with Gasteiger partial charge in [-0.1, -0.05) is 11.6 Å². The second kappa shape index (κ2) is 8.08. The van der Waals surface area contributed by atoms with E-state index in [-0.39, 0.29) is 16.7 Å². The summed E-state index contributed by atoms with van der Waals surface area (Å²) in [4.78, 5) is 45.9. The number of amides is 2. The molecule has 2 aromatic rings. The molecule has 0 spiro atoms. The van der Waals surface area contributed by atoms with Crippen molar-refractivity contribution < 1.29 is 24.0 Å². The second-order valence-electron chi connectivity index (χ2n) is 4.93. The topological polar surface area (TPSA) is 128 Å². The molecule has 0 radical (unpaired) electrons. The Labute approximate surface area is 152 Å². The zero-order valence-electron chi connectivity index (χ0n) is 13.3. The lowest BCUT2D eigenvalue weighted by molar-refractivity contribution is -0.384. The summed E-state index contributed by atoms with van der Waals surface area (Å²) in [6, 6.07) is 8.97. The first kappa shape index (κ1) is 18.9. The number of carbonyl (C=O) groups is 3. The van der Waals surface area contributed by atoms with E-state index < -0.39 is 28.4 Å². The fourth-order valence-electron chi connectivity index (χ4n) is 1.94. The highest BCUT2D eigenvalue weighted by atomic mass is 35.5. The van der Waals surface area contributed by atoms with Gasteiger partial charge in [-0.2, -0.15) is 0 Å². The number of hydrazine groups is 1. The van der Waals surface area contributed by atoms with Gasteiger partial charge in [0, 0.05) is 28.3 Å². The number of halogens is 1. The molecular formula is C16H12ClN3O6. The monoisotopic (exact) mass is 377 g/mol. The Bertz CT molecular complexity index is 882. The van der Waals surface area contributed by atoms with Gasteiger partial charge in [0.25, 0.3) is 17.5 Å². The van der Waals surface area contributed by atoms with Crippen LogP contribution >= 0.6 is 11.6 Å². The van der Waals surface area contributed by atoms with Crippen molar-refractivity contribution in [3.8, 4) is 0 Å². The molecule has 0 bridgehead atoms. The first-order chi connectivity index (χ1) is 12.3. The van der Waals surface area contributed by atoms with Gasteiger partial charge in [0.1, 0.15) is 0 Å². The Morgan fingerprint density at radius 2 is 1.50 bits per heavy atom. The Morgan fingerprint density at radius 3 is 2.04 bits per heavy atom. The number of nitrogens with one attached hydrogen (secondary N) is 2. The SMILES string of the molecule is COC(=O)c1cc(C(=O)NNC(=O)c2ccc(Cl)cc2)cc([N+](=O)[O-])c1. The van der Waals surface area contributed by atoms with Crippen molar-refractivity contribution >= 4 is 35.1 Å². The largest absolute Gasteiger partial charge is 0.465 e. The first-order valence-corrected chi connectivity index (χ1v) is 7.43. The van der Waals surface area contributed by atoms with Crippen LogP contribution in [0.2, 0.25) is 5.02 Å². The lowest BCUT2D eigenvalue weighted by Gasteiger charge is -2.08. The number of nitrogens with zero attached hydrogens (tertiary/aromatic N) is 1. The van der Waals surface area contributed by atoms with Crippen molar-refractivity contribution in [2.45, 2.75) is 0 Å². The zero-order chi connectivity index (χ0) is 19.3. The van der Waals surface area contributed by atoms with E-state index in [2.05, 4.69) is 15.6 Å². The number of non-ortho nitro benzene ring substituents is 1. The van der Waals surface area contributed by atoms with Crippen LogP contribution in [0.5, 0.6) is 0 Å². The maximum Gasteiger partial charge on any atom is 0.338 e. The van der Waals surface area contributed by atoms with Crippen molar-refractivity contribution in [3.05, 3.63) is 74.3 Å². The van der Waals surface area contributed by atoms with Gasteiger partial charge in [0.2, 0.25) is 0 Å². The lowest BCUT2D eigenvalue weighted by atomic mass is 10.1. The van der Waals surface area contributed by atoms with Crippen LogP contribution in [0.15, 0.2) is 42.5 Å². The molecule has 0 saturated heterocycles. The van der Waals surface area contributed by atoms with Crippen LogP contribution in [0, 0.1) is 10.1 Å². The number of carbonyl (C=O) groups excluding carboxylic acids is 3. The Hall–Kier alpha value is -3.46. The summed E-state index contributed by atoms with van der Waals surface area (Å²) in [7, 11) is 1.10. The average molecular weight is 378 g/mol. The van der Waals surface area contributed by atoms with Gasteiger partial charge in [-0.15, -0.1) is 0 Å². The molecule has 2 rings (SSSR count). The molecular weight excluding hydrogens is 366 g/mol. The molecule has 0 aliphatic carbocycles. The average Bonchev–Trinajstić information content (AvgIpc) is 2.65. The molecule has 0 fully saturated rings. The van der Waals surface area contributed by atoms with Crippen molar-refractivity contribution in [2.24, 2.45) is 0 Å². The molecule has 0 aliphatic rings. The van der Waals surface area contributed by atoms with Gasteiger partial charge in [0.05, 0.1) is 17.6 Å². The van der Waals surface area contributed by atoms with Crippen LogP contribution in [0.4, 0.5) is 5.69 Å². The number of benzene rings is 2. The van der Waals surface area contributed by atoms with E-state index >= 15 is 0 Å². The molecule has 0 aromatic heterocycles. The first-order valence-electron chi connectivity index (χ1n) is 7.06. The summed E-state index contributed by atoms with van der Waals surface area (Å²) in [5.41, 5.74) is 3.68. The van der Waals surface area contributed by atoms with E-state index in [0.717, 1.165) is 25.3 Å². The van der Waals surface area contributed by atoms with Gasteiger partial charge >= 0.3 is 5.97 Å². The zero-order valence-corrected chi connectivity index (χ0v) is 14.1. The Kier molecular flexibility index (Phi) is 5.86. The van der Waals surface area contributed by atoms with Gasteiger partial charge < -0.3 is 4.74 Å². The van der Waals surface area contributed by atoms with Crippen LogP contribution in [0.25, 0.3) is 0 Å². The summed E-state index contributed by atoms with van der Waals surface area (Å²) in [6.45, 7) is 0. The van der Waals surface area contributed by atoms with E-state index in [1.165, 1.54) is 24.3 Å². The summed E-state index contributed by atoms with van der Waals surface area (Å²) < 4.78 is 4.50. The van der Waals surface area contributed by atoms with Crippen LogP contribution < -0.4 is 10.9 Å². The summed E-state index contributed by atoms with van der Waals surface area (Å²) in [5.74, 6) is -2.30. The van der Waals surface area contributed by atoms with Crippen molar-refractivity contribution in [1.29, 1.82) is 0 Å². The van der Waals surface area contributed by atoms with Gasteiger partial charge in [0.15, 0.2) is 0 Å². The fraction of sp³-hybridized carbons (Fsp3) is 0.0625. The van der Waals surface area contributed by atoms with Crippen molar-refractivity contribution in [2.75, 3.05) is 7.11 Å². The number of esters is 1. The van der Waals surface area contributed by atoms with E-state index in [4.69, 9.17) is 11.6 Å². The highest BCUT2D eigenvalue weighted by Crippen LogP contribution is 2.18. The third-order valence-electron chi connectivity index (χ3n) is 3.21. The fourth-order valence-corrected chi connectivity index (χ4v) is 2.07. The van der Waals surface area contributed by atoms with E-state index in [1.54, 1.807) is 0 Å². The molecule has 9 nitrogen and oxygen atoms in total. The van der Waals surface area contributed by atoms with Crippen LogP contribution in [0.3, 0.4) is 0 Å². The predicted molar refractivity (Wildman–Crippen MR) is 90.8 cm³/mol. The van der Waals surface area contributed by atoms with Gasteiger partial charge in [-0.3, -0.25) is 30.6 Å². The Balaban J connectivity index is 2.16. The quantitative estimate of drug-likeness (QED) is 0.477. The number of nitro benzene ring substituents is 1. The lowest BCUT2D eigenvalue weighted by Crippen LogP contribution is -2.41. The Morgan fingerprint density at radius 1 is 0.962 bits per heavy atom. The summed E-state index contributed by atoms with van der Waals surface area (Å²) in [5, 5.41) is 11.4. The molecule has 0 saturated carbocycles. The maximum atomic E-state index is 12.2. The van der Waals surface area contributed by atoms with Crippen LogP contribution in [-0.2, 0) is 4.74 Å². The summed E-state index contributed by atoms with van der Waals surface area (Å²) in [6.07, 6.45) is 0. The standard InChI is InChI=1S/C16H12ClN3O6/c1-26-16(23)11-6-10(7-13(8-11)20(24)25)15(22)19-18-14(21)9-2-4-12(17)5-3-9/h2-8H,1H3,(H,18,21)(H,19,22). The van der Waals surface area contributed by atoms with Crippen LogP contribution in [-0.4, -0.2) is 29.8 Å². The van der Waals surface area contributed by atoms with Gasteiger partial charge in [-0.25, -0.2) is 4.79 Å². The molecule has 2 amide bonds. The third kappa shape index (κ3) is 4.54.